The van der Waals surface area contributed by atoms with Gasteiger partial charge in [0, 0.05) is 5.69 Å². The monoisotopic (exact) mass is 412 g/mol. The molecule has 1 heterocycles. The number of nitrogens with one attached hydrogen (secondary N) is 1. The number of hydrogen-bond acceptors (Lipinski definition) is 5. The van der Waals surface area contributed by atoms with Crippen LogP contribution in [0.25, 0.3) is 0 Å². The molecular weight excluding hydrogens is 391 g/mol. The Morgan fingerprint density at radius 2 is 1.47 bits per heavy atom. The number of carbonyl (C=O) groups excluding carboxylic acids is 4. The summed E-state index contributed by atoms with van der Waals surface area (Å²) in [5, 5.41) is 2.51. The molecule has 0 saturated carbocycles. The molecule has 2 aromatic rings. The van der Waals surface area contributed by atoms with Crippen molar-refractivity contribution in [2.24, 2.45) is 5.92 Å². The number of esters is 1. The van der Waals surface area contributed by atoms with Crippen LogP contribution in [0, 0.1) is 11.7 Å². The number of nitrogens with zero attached hydrogens (tertiary/aromatic N) is 1. The molecule has 1 N–H and O–H groups in total. The SMILES string of the molecule is CC(C)[C@@H](C(=O)O[C@H](C)C(=O)Nc1ccc(F)cc1)N1C(=O)c2ccccc2C1=O. The van der Waals surface area contributed by atoms with Gasteiger partial charge in [0.25, 0.3) is 17.7 Å². The standard InChI is InChI=1S/C22H21FN2O5/c1-12(2)18(25-20(27)16-6-4-5-7-17(16)21(25)28)22(29)30-13(3)19(26)24-15-10-8-14(23)9-11-15/h4-13,18H,1-3H3,(H,24,26)/t13-,18+/m1/s1. The van der Waals surface area contributed by atoms with E-state index in [4.69, 9.17) is 4.74 Å². The molecule has 3 rings (SSSR count). The third kappa shape index (κ3) is 4.07. The minimum atomic E-state index is -1.20. The van der Waals surface area contributed by atoms with Crippen LogP contribution in [-0.2, 0) is 14.3 Å². The summed E-state index contributed by atoms with van der Waals surface area (Å²) < 4.78 is 18.3. The summed E-state index contributed by atoms with van der Waals surface area (Å²) in [4.78, 5) is 51.5. The summed E-state index contributed by atoms with van der Waals surface area (Å²) in [6, 6.07) is 10.3. The number of fused-ring (bicyclic) bond motifs is 1. The van der Waals surface area contributed by atoms with Crippen molar-refractivity contribution >= 4 is 29.4 Å². The van der Waals surface area contributed by atoms with Gasteiger partial charge in [-0.1, -0.05) is 26.0 Å². The number of benzene rings is 2. The second kappa shape index (κ2) is 8.44. The Bertz CT molecular complexity index is 968. The van der Waals surface area contributed by atoms with E-state index in [1.54, 1.807) is 26.0 Å². The van der Waals surface area contributed by atoms with Gasteiger partial charge in [0.05, 0.1) is 11.1 Å². The Balaban J connectivity index is 1.73. The molecule has 0 spiro atoms. The molecular formula is C22H21FN2O5. The molecule has 0 aromatic heterocycles. The maximum absolute atomic E-state index is 13.0. The fraction of sp³-hybridized carbons (Fsp3) is 0.273. The zero-order valence-electron chi connectivity index (χ0n) is 16.7. The van der Waals surface area contributed by atoms with Crippen LogP contribution < -0.4 is 5.32 Å². The molecule has 7 nitrogen and oxygen atoms in total. The van der Waals surface area contributed by atoms with E-state index in [1.165, 1.54) is 43.3 Å². The molecule has 0 bridgehead atoms. The van der Waals surface area contributed by atoms with Gasteiger partial charge in [0.2, 0.25) is 0 Å². The first kappa shape index (κ1) is 21.2. The number of carbonyl (C=O) groups is 4. The van der Waals surface area contributed by atoms with Crippen molar-refractivity contribution in [2.75, 3.05) is 5.32 Å². The van der Waals surface area contributed by atoms with E-state index in [0.29, 0.717) is 5.69 Å². The first-order valence-electron chi connectivity index (χ1n) is 9.44. The first-order valence-corrected chi connectivity index (χ1v) is 9.44. The topological polar surface area (TPSA) is 92.8 Å². The van der Waals surface area contributed by atoms with Gasteiger partial charge in [-0.3, -0.25) is 19.3 Å². The minimum Gasteiger partial charge on any atom is -0.451 e. The van der Waals surface area contributed by atoms with Crippen molar-refractivity contribution in [1.82, 2.24) is 4.90 Å². The number of rotatable bonds is 6. The van der Waals surface area contributed by atoms with E-state index in [9.17, 15) is 23.6 Å². The lowest BCUT2D eigenvalue weighted by molar-refractivity contribution is -0.158. The van der Waals surface area contributed by atoms with Gasteiger partial charge in [0.15, 0.2) is 6.10 Å². The van der Waals surface area contributed by atoms with Gasteiger partial charge < -0.3 is 10.1 Å². The fourth-order valence-corrected chi connectivity index (χ4v) is 3.21. The maximum Gasteiger partial charge on any atom is 0.330 e. The smallest absolute Gasteiger partial charge is 0.330 e. The largest absolute Gasteiger partial charge is 0.451 e. The van der Waals surface area contributed by atoms with Crippen LogP contribution in [0.15, 0.2) is 48.5 Å². The van der Waals surface area contributed by atoms with E-state index >= 15 is 0 Å². The molecule has 156 valence electrons. The van der Waals surface area contributed by atoms with Crippen LogP contribution in [0.5, 0.6) is 0 Å². The Hall–Kier alpha value is -3.55. The molecule has 2 atom stereocenters. The summed E-state index contributed by atoms with van der Waals surface area (Å²) in [5.41, 5.74) is 0.788. The average Bonchev–Trinajstić information content (AvgIpc) is 2.95. The van der Waals surface area contributed by atoms with Crippen LogP contribution in [0.3, 0.4) is 0 Å². The molecule has 2 aromatic carbocycles. The Morgan fingerprint density at radius 1 is 0.933 bits per heavy atom. The summed E-state index contributed by atoms with van der Waals surface area (Å²) >= 11 is 0. The van der Waals surface area contributed by atoms with E-state index in [1.807, 2.05) is 0 Å². The highest BCUT2D eigenvalue weighted by atomic mass is 19.1. The molecule has 8 heteroatoms. The lowest BCUT2D eigenvalue weighted by Gasteiger charge is -2.28. The predicted octanol–water partition coefficient (Wildman–Crippen LogP) is 3.02. The van der Waals surface area contributed by atoms with Crippen molar-refractivity contribution in [2.45, 2.75) is 32.9 Å². The molecule has 0 unspecified atom stereocenters. The van der Waals surface area contributed by atoms with Gasteiger partial charge in [0.1, 0.15) is 11.9 Å². The molecule has 0 fully saturated rings. The number of halogens is 1. The molecule has 0 aliphatic carbocycles. The lowest BCUT2D eigenvalue weighted by atomic mass is 10.0. The molecule has 1 aliphatic heterocycles. The predicted molar refractivity (Wildman–Crippen MR) is 106 cm³/mol. The highest BCUT2D eigenvalue weighted by Gasteiger charge is 2.45. The number of ether oxygens (including phenoxy) is 1. The van der Waals surface area contributed by atoms with E-state index < -0.39 is 47.6 Å². The fourth-order valence-electron chi connectivity index (χ4n) is 3.21. The molecule has 30 heavy (non-hydrogen) atoms. The summed E-state index contributed by atoms with van der Waals surface area (Å²) in [6.45, 7) is 4.73. The second-order valence-electron chi connectivity index (χ2n) is 7.29. The van der Waals surface area contributed by atoms with Crippen molar-refractivity contribution in [1.29, 1.82) is 0 Å². The molecule has 0 saturated heterocycles. The van der Waals surface area contributed by atoms with E-state index in [0.717, 1.165) is 4.90 Å². The quantitative estimate of drug-likeness (QED) is 0.582. The van der Waals surface area contributed by atoms with Gasteiger partial charge in [-0.15, -0.1) is 0 Å². The lowest BCUT2D eigenvalue weighted by Crippen LogP contribution is -2.50. The maximum atomic E-state index is 13.0. The van der Waals surface area contributed by atoms with Crippen molar-refractivity contribution in [3.8, 4) is 0 Å². The average molecular weight is 412 g/mol. The van der Waals surface area contributed by atoms with Crippen molar-refractivity contribution in [3.63, 3.8) is 0 Å². The third-order valence-electron chi connectivity index (χ3n) is 4.75. The van der Waals surface area contributed by atoms with Crippen LogP contribution in [-0.4, -0.2) is 40.7 Å². The second-order valence-corrected chi connectivity index (χ2v) is 7.29. The van der Waals surface area contributed by atoms with Gasteiger partial charge in [-0.2, -0.15) is 0 Å². The van der Waals surface area contributed by atoms with Gasteiger partial charge in [-0.25, -0.2) is 9.18 Å². The number of amides is 3. The van der Waals surface area contributed by atoms with E-state index in [-0.39, 0.29) is 11.1 Å². The highest BCUT2D eigenvalue weighted by Crippen LogP contribution is 2.28. The molecule has 1 aliphatic rings. The normalized spacial score (nSPS) is 15.0. The zero-order chi connectivity index (χ0) is 22.0. The molecule has 3 amide bonds. The summed E-state index contributed by atoms with van der Waals surface area (Å²) in [5.74, 6) is -3.52. The van der Waals surface area contributed by atoms with Gasteiger partial charge in [-0.05, 0) is 49.2 Å². The number of anilines is 1. The number of hydrogen-bond donors (Lipinski definition) is 1. The van der Waals surface area contributed by atoms with E-state index in [2.05, 4.69) is 5.32 Å². The van der Waals surface area contributed by atoms with Crippen molar-refractivity contribution < 1.29 is 28.3 Å². The van der Waals surface area contributed by atoms with Crippen LogP contribution >= 0.6 is 0 Å². The highest BCUT2D eigenvalue weighted by molar-refractivity contribution is 6.22. The Labute approximate surface area is 172 Å². The molecule has 0 radical (unpaired) electrons. The first-order chi connectivity index (χ1) is 14.2. The minimum absolute atomic E-state index is 0.225. The Morgan fingerprint density at radius 3 is 1.97 bits per heavy atom. The van der Waals surface area contributed by atoms with Gasteiger partial charge >= 0.3 is 5.97 Å². The van der Waals surface area contributed by atoms with Crippen LogP contribution in [0.4, 0.5) is 10.1 Å². The third-order valence-corrected chi connectivity index (χ3v) is 4.75. The number of imide groups is 1. The van der Waals surface area contributed by atoms with Crippen molar-refractivity contribution in [3.05, 3.63) is 65.5 Å². The Kier molecular flexibility index (Phi) is 5.96. The summed E-state index contributed by atoms with van der Waals surface area (Å²) in [6.07, 6.45) is -1.20. The van der Waals surface area contributed by atoms with Crippen LogP contribution in [0.1, 0.15) is 41.5 Å². The summed E-state index contributed by atoms with van der Waals surface area (Å²) in [7, 11) is 0. The zero-order valence-corrected chi connectivity index (χ0v) is 16.7. The van der Waals surface area contributed by atoms with Crippen LogP contribution in [0.2, 0.25) is 0 Å².